The number of carbonyl (C=O) groups excluding carboxylic acids is 6. The standard InChI is InChI=1S/C46H72ClN5O11S/c1-14-27(5)39(44(57)58)50-38(53)24-51(11)43(56)35(23-33-17-19-34(47)20-18-33)52(12)42(55)32(10)49-41(54)37(22-26(3)4)62-45(59)29(7)16-21-36(61-25-64-13)30(8)40(28(6)15-2)63-46(60)31(9)48/h15-20,26-27,30-32,35-37,39-40H,14,21-25,48H2,1-13H3,(H,49,54)(H,50,53)(H,57,58)/b28-15+,29-16+/t27-,30+,31-,32+,35-,36+,37-,39+,40-/m1/s1. The predicted octanol–water partition coefficient (Wildman–Crippen LogP) is 5.15. The van der Waals surface area contributed by atoms with Crippen molar-refractivity contribution in [2.24, 2.45) is 23.5 Å². The normalized spacial score (nSPS) is 16.2. The molecule has 0 aliphatic carbocycles. The fraction of sp³-hybridized carbons (Fsp3) is 0.630. The van der Waals surface area contributed by atoms with Gasteiger partial charge in [-0.15, -0.1) is 11.8 Å². The fourth-order valence-corrected chi connectivity index (χ4v) is 6.98. The van der Waals surface area contributed by atoms with Crippen molar-refractivity contribution in [2.75, 3.05) is 32.8 Å². The first-order chi connectivity index (χ1) is 29.9. The molecule has 0 saturated carbocycles. The van der Waals surface area contributed by atoms with Crippen LogP contribution in [0.3, 0.4) is 0 Å². The Labute approximate surface area is 388 Å². The number of nitrogens with one attached hydrogen (secondary N) is 2. The predicted molar refractivity (Wildman–Crippen MR) is 249 cm³/mol. The molecule has 9 atom stereocenters. The van der Waals surface area contributed by atoms with Crippen LogP contribution in [0, 0.1) is 17.8 Å². The second-order valence-corrected chi connectivity index (χ2v) is 18.0. The number of aliphatic carboxylic acids is 1. The Morgan fingerprint density at radius 1 is 0.938 bits per heavy atom. The lowest BCUT2D eigenvalue weighted by Gasteiger charge is -2.33. The molecule has 1 rings (SSSR count). The summed E-state index contributed by atoms with van der Waals surface area (Å²) >= 11 is 7.57. The van der Waals surface area contributed by atoms with Crippen LogP contribution in [-0.4, -0.2) is 132 Å². The van der Waals surface area contributed by atoms with Crippen LogP contribution in [0.25, 0.3) is 0 Å². The highest BCUT2D eigenvalue weighted by molar-refractivity contribution is 7.98. The molecule has 0 unspecified atom stereocenters. The topological polar surface area (TPSA) is 224 Å². The number of ether oxygens (including phenoxy) is 3. The number of hydrogen-bond donors (Lipinski definition) is 4. The van der Waals surface area contributed by atoms with Crippen molar-refractivity contribution in [3.63, 3.8) is 0 Å². The van der Waals surface area contributed by atoms with Crippen molar-refractivity contribution in [1.29, 1.82) is 0 Å². The summed E-state index contributed by atoms with van der Waals surface area (Å²) in [6, 6.07) is 2.34. The molecule has 1 aromatic carbocycles. The highest BCUT2D eigenvalue weighted by Gasteiger charge is 2.36. The molecule has 0 aromatic heterocycles. The quantitative estimate of drug-likeness (QED) is 0.0388. The number of amides is 4. The third kappa shape index (κ3) is 18.9. The zero-order chi connectivity index (χ0) is 49.0. The molecule has 0 aliphatic heterocycles. The first kappa shape index (κ1) is 57.6. The van der Waals surface area contributed by atoms with Crippen LogP contribution in [-0.2, 0) is 54.2 Å². The lowest BCUT2D eigenvalue weighted by molar-refractivity contribution is -0.154. The van der Waals surface area contributed by atoms with Crippen LogP contribution in [0.15, 0.2) is 47.6 Å². The summed E-state index contributed by atoms with van der Waals surface area (Å²) in [5, 5.41) is 15.3. The van der Waals surface area contributed by atoms with Gasteiger partial charge in [0, 0.05) is 37.0 Å². The lowest BCUT2D eigenvalue weighted by atomic mass is 9.90. The van der Waals surface area contributed by atoms with E-state index in [1.807, 2.05) is 47.0 Å². The van der Waals surface area contributed by atoms with Gasteiger partial charge in [0.1, 0.15) is 30.3 Å². The molecule has 0 spiro atoms. The van der Waals surface area contributed by atoms with Gasteiger partial charge in [-0.3, -0.25) is 24.0 Å². The minimum absolute atomic E-state index is 0.0181. The monoisotopic (exact) mass is 937 g/mol. The van der Waals surface area contributed by atoms with Crippen molar-refractivity contribution >= 4 is 64.9 Å². The fourth-order valence-electron chi connectivity index (χ4n) is 6.54. The van der Waals surface area contributed by atoms with Crippen molar-refractivity contribution in [1.82, 2.24) is 20.4 Å². The first-order valence-corrected chi connectivity index (χ1v) is 23.3. The molecule has 0 radical (unpaired) electrons. The highest BCUT2D eigenvalue weighted by Crippen LogP contribution is 2.26. The summed E-state index contributed by atoms with van der Waals surface area (Å²) in [5.74, 6) is -5.63. The Morgan fingerprint density at radius 2 is 1.55 bits per heavy atom. The van der Waals surface area contributed by atoms with Gasteiger partial charge in [0.2, 0.25) is 17.7 Å². The van der Waals surface area contributed by atoms with E-state index in [1.54, 1.807) is 58.0 Å². The van der Waals surface area contributed by atoms with Crippen LogP contribution in [0.1, 0.15) is 94.1 Å². The molecule has 0 saturated heterocycles. The first-order valence-electron chi connectivity index (χ1n) is 21.6. The Morgan fingerprint density at radius 3 is 2.06 bits per heavy atom. The molecular weight excluding hydrogens is 866 g/mol. The number of nitrogens with two attached hydrogens (primary N) is 1. The van der Waals surface area contributed by atoms with E-state index in [1.165, 1.54) is 37.7 Å². The van der Waals surface area contributed by atoms with Gasteiger partial charge in [0.05, 0.1) is 18.6 Å². The number of benzene rings is 1. The van der Waals surface area contributed by atoms with E-state index in [-0.39, 0.29) is 42.6 Å². The molecule has 0 aliphatic rings. The molecule has 360 valence electrons. The second kappa shape index (κ2) is 28.5. The van der Waals surface area contributed by atoms with E-state index >= 15 is 0 Å². The van der Waals surface area contributed by atoms with Crippen molar-refractivity contribution in [2.45, 2.75) is 137 Å². The summed E-state index contributed by atoms with van der Waals surface area (Å²) in [6.45, 7) is 16.9. The minimum atomic E-state index is -1.28. The summed E-state index contributed by atoms with van der Waals surface area (Å²) < 4.78 is 17.7. The summed E-state index contributed by atoms with van der Waals surface area (Å²) in [6.07, 6.45) is 3.89. The molecule has 5 N–H and O–H groups in total. The van der Waals surface area contributed by atoms with Crippen LogP contribution in [0.2, 0.25) is 5.02 Å². The minimum Gasteiger partial charge on any atom is -0.480 e. The zero-order valence-electron chi connectivity index (χ0n) is 39.8. The largest absolute Gasteiger partial charge is 0.480 e. The molecule has 0 bridgehead atoms. The number of rotatable bonds is 27. The number of nitrogens with zero attached hydrogens (tertiary/aromatic N) is 2. The highest BCUT2D eigenvalue weighted by atomic mass is 35.5. The molecule has 64 heavy (non-hydrogen) atoms. The van der Waals surface area contributed by atoms with Gasteiger partial charge in [-0.2, -0.15) is 0 Å². The van der Waals surface area contributed by atoms with E-state index in [0.717, 1.165) is 10.5 Å². The Kier molecular flexibility index (Phi) is 25.6. The molecule has 16 nitrogen and oxygen atoms in total. The SMILES string of the molecule is C/C=C(\C)[C@@H](OC(=O)[C@@H](C)N)[C@@H](C)[C@H](C/C=C(\C)C(=O)O[C@H](CC(C)C)C(=O)N[C@@H](C)C(=O)N(C)[C@H](Cc1ccc(Cl)cc1)C(=O)N(C)CC(=O)N[C@H](C(=O)O)[C@H](C)CC)OCSC. The summed E-state index contributed by atoms with van der Waals surface area (Å²) in [4.78, 5) is 94.9. The van der Waals surface area contributed by atoms with E-state index in [9.17, 15) is 38.7 Å². The maximum atomic E-state index is 14.0. The molecule has 0 fully saturated rings. The Hall–Kier alpha value is -4.45. The second-order valence-electron chi connectivity index (χ2n) is 16.8. The number of halogens is 1. The molecule has 0 heterocycles. The number of carboxylic acids is 1. The lowest BCUT2D eigenvalue weighted by Crippen LogP contribution is -2.56. The molecule has 1 aromatic rings. The molecule has 18 heteroatoms. The molecule has 4 amide bonds. The maximum Gasteiger partial charge on any atom is 0.334 e. The average molecular weight is 939 g/mol. The van der Waals surface area contributed by atoms with Crippen LogP contribution in [0.4, 0.5) is 0 Å². The number of thioether (sulfide) groups is 1. The number of carbonyl (C=O) groups is 7. The smallest absolute Gasteiger partial charge is 0.334 e. The van der Waals surface area contributed by atoms with Gasteiger partial charge in [-0.25, -0.2) is 9.59 Å². The van der Waals surface area contributed by atoms with Gasteiger partial charge < -0.3 is 45.5 Å². The van der Waals surface area contributed by atoms with Gasteiger partial charge in [0.25, 0.3) is 5.91 Å². The van der Waals surface area contributed by atoms with Gasteiger partial charge in [0.15, 0.2) is 6.10 Å². The summed E-state index contributed by atoms with van der Waals surface area (Å²) in [7, 11) is 2.78. The third-order valence-electron chi connectivity index (χ3n) is 10.9. The summed E-state index contributed by atoms with van der Waals surface area (Å²) in [5.41, 5.74) is 7.46. The van der Waals surface area contributed by atoms with E-state index in [4.69, 9.17) is 31.5 Å². The van der Waals surface area contributed by atoms with Crippen LogP contribution < -0.4 is 16.4 Å². The average Bonchev–Trinajstić information content (AvgIpc) is 3.24. The van der Waals surface area contributed by atoms with E-state index in [2.05, 4.69) is 10.6 Å². The van der Waals surface area contributed by atoms with Gasteiger partial charge in [-0.05, 0) is 88.8 Å². The van der Waals surface area contributed by atoms with Crippen LogP contribution in [0.5, 0.6) is 0 Å². The number of likely N-dealkylation sites (N-methyl/N-ethyl adjacent to an activating group) is 2. The van der Waals surface area contributed by atoms with E-state index in [0.29, 0.717) is 22.9 Å². The number of allylic oxidation sites excluding steroid dienone is 1. The van der Waals surface area contributed by atoms with Crippen LogP contribution >= 0.6 is 23.4 Å². The van der Waals surface area contributed by atoms with E-state index < -0.39 is 90.6 Å². The number of carboxylic acid groups (broad SMARTS) is 1. The van der Waals surface area contributed by atoms with Gasteiger partial charge in [-0.1, -0.05) is 76.9 Å². The maximum absolute atomic E-state index is 14.0. The Bertz CT molecular complexity index is 1790. The van der Waals surface area contributed by atoms with Gasteiger partial charge >= 0.3 is 17.9 Å². The van der Waals surface area contributed by atoms with Crippen molar-refractivity contribution in [3.8, 4) is 0 Å². The Balaban J connectivity index is 3.31. The molecular formula is C46H72ClN5O11S. The zero-order valence-corrected chi connectivity index (χ0v) is 41.3. The number of hydrogen-bond acceptors (Lipinski definition) is 12. The number of esters is 2. The van der Waals surface area contributed by atoms with Crippen molar-refractivity contribution < 1.29 is 52.9 Å². The van der Waals surface area contributed by atoms with Crippen molar-refractivity contribution in [3.05, 3.63) is 58.1 Å². The third-order valence-corrected chi connectivity index (χ3v) is 11.5.